The Hall–Kier alpha value is -1.30. The van der Waals surface area contributed by atoms with Gasteiger partial charge in [-0.25, -0.2) is 0 Å². The average Bonchev–Trinajstić information content (AvgIpc) is 2.41. The van der Waals surface area contributed by atoms with Crippen LogP contribution in [0.5, 0.6) is 0 Å². The number of ether oxygens (including phenoxy) is 1. The van der Waals surface area contributed by atoms with Crippen LogP contribution in [0.15, 0.2) is 4.99 Å². The normalized spacial score (nSPS) is 11.9. The molecule has 0 aliphatic heterocycles. The fourth-order valence-electron chi connectivity index (χ4n) is 1.67. The summed E-state index contributed by atoms with van der Waals surface area (Å²) >= 11 is 0. The second-order valence-electron chi connectivity index (χ2n) is 5.95. The lowest BCUT2D eigenvalue weighted by atomic mass is 10.1. The number of carbonyl (C=O) groups excluding carboxylic acids is 1. The van der Waals surface area contributed by atoms with E-state index in [1.54, 1.807) is 0 Å². The maximum absolute atomic E-state index is 11.5. The molecular weight excluding hydrogens is 280 g/mol. The van der Waals surface area contributed by atoms with Crippen molar-refractivity contribution in [2.45, 2.75) is 53.5 Å². The van der Waals surface area contributed by atoms with Crippen molar-refractivity contribution in [3.05, 3.63) is 0 Å². The van der Waals surface area contributed by atoms with E-state index in [-0.39, 0.29) is 11.9 Å². The van der Waals surface area contributed by atoms with Gasteiger partial charge in [-0.2, -0.15) is 0 Å². The minimum atomic E-state index is 0.0513. The van der Waals surface area contributed by atoms with Crippen LogP contribution in [0.2, 0.25) is 0 Å². The summed E-state index contributed by atoms with van der Waals surface area (Å²) in [5.74, 6) is 1.45. The summed E-state index contributed by atoms with van der Waals surface area (Å²) in [5.41, 5.74) is 0. The predicted octanol–water partition coefficient (Wildman–Crippen LogP) is 1.52. The van der Waals surface area contributed by atoms with Crippen LogP contribution >= 0.6 is 0 Å². The van der Waals surface area contributed by atoms with Gasteiger partial charge in [-0.1, -0.05) is 13.8 Å². The Balaban J connectivity index is 3.88. The molecule has 0 saturated carbocycles. The van der Waals surface area contributed by atoms with Crippen molar-refractivity contribution >= 4 is 11.9 Å². The van der Waals surface area contributed by atoms with Crippen LogP contribution in [-0.2, 0) is 9.53 Å². The number of rotatable bonds is 11. The first kappa shape index (κ1) is 20.7. The molecule has 0 aromatic carbocycles. The standard InChI is InChI=1S/C16H34N4O2/c1-6-17-16(18-9-7-15(21)20-14(4)5)19-10-12-22-11-8-13(2)3/h13-14H,6-12H2,1-5H3,(H,20,21)(H2,17,18,19). The lowest BCUT2D eigenvalue weighted by molar-refractivity contribution is -0.121. The van der Waals surface area contributed by atoms with E-state index in [4.69, 9.17) is 4.74 Å². The molecule has 3 N–H and O–H groups in total. The van der Waals surface area contributed by atoms with Gasteiger partial charge < -0.3 is 20.7 Å². The number of nitrogens with zero attached hydrogens (tertiary/aromatic N) is 1. The minimum Gasteiger partial charge on any atom is -0.380 e. The molecule has 0 aliphatic carbocycles. The number of carbonyl (C=O) groups is 1. The second kappa shape index (κ2) is 13.4. The number of guanidine groups is 1. The van der Waals surface area contributed by atoms with Crippen LogP contribution in [0.25, 0.3) is 0 Å². The Morgan fingerprint density at radius 2 is 1.86 bits per heavy atom. The van der Waals surface area contributed by atoms with E-state index in [1.807, 2.05) is 20.8 Å². The van der Waals surface area contributed by atoms with Gasteiger partial charge in [0.2, 0.25) is 5.91 Å². The third-order valence-corrected chi connectivity index (χ3v) is 2.78. The van der Waals surface area contributed by atoms with E-state index < -0.39 is 0 Å². The first-order chi connectivity index (χ1) is 10.5. The Morgan fingerprint density at radius 1 is 1.14 bits per heavy atom. The second-order valence-corrected chi connectivity index (χ2v) is 5.95. The zero-order valence-corrected chi connectivity index (χ0v) is 14.9. The van der Waals surface area contributed by atoms with Crippen molar-refractivity contribution in [2.24, 2.45) is 10.9 Å². The van der Waals surface area contributed by atoms with Crippen LogP contribution in [0.1, 0.15) is 47.5 Å². The van der Waals surface area contributed by atoms with Gasteiger partial charge in [-0.3, -0.25) is 9.79 Å². The molecule has 0 unspecified atom stereocenters. The van der Waals surface area contributed by atoms with Crippen molar-refractivity contribution in [1.29, 1.82) is 0 Å². The first-order valence-corrected chi connectivity index (χ1v) is 8.35. The Morgan fingerprint density at radius 3 is 2.45 bits per heavy atom. The molecule has 6 nitrogen and oxygen atoms in total. The van der Waals surface area contributed by atoms with Gasteiger partial charge in [0.25, 0.3) is 0 Å². The summed E-state index contributed by atoms with van der Waals surface area (Å²) in [6.45, 7) is 13.7. The highest BCUT2D eigenvalue weighted by Gasteiger charge is 2.03. The monoisotopic (exact) mass is 314 g/mol. The zero-order chi connectivity index (χ0) is 16.8. The van der Waals surface area contributed by atoms with Gasteiger partial charge in [-0.05, 0) is 33.1 Å². The Kier molecular flexibility index (Phi) is 12.6. The molecule has 0 radical (unpaired) electrons. The zero-order valence-electron chi connectivity index (χ0n) is 14.9. The number of amides is 1. The van der Waals surface area contributed by atoms with E-state index in [1.165, 1.54) is 0 Å². The molecule has 0 fully saturated rings. The van der Waals surface area contributed by atoms with Crippen molar-refractivity contribution in [3.8, 4) is 0 Å². The quantitative estimate of drug-likeness (QED) is 0.307. The molecule has 0 aliphatic rings. The van der Waals surface area contributed by atoms with Crippen LogP contribution in [0.4, 0.5) is 0 Å². The Bertz CT molecular complexity index is 317. The molecule has 0 spiro atoms. The van der Waals surface area contributed by atoms with E-state index in [2.05, 4.69) is 34.8 Å². The molecule has 0 atom stereocenters. The van der Waals surface area contributed by atoms with E-state index in [0.717, 1.165) is 25.5 Å². The molecule has 0 rings (SSSR count). The van der Waals surface area contributed by atoms with Gasteiger partial charge in [0.1, 0.15) is 0 Å². The van der Waals surface area contributed by atoms with Gasteiger partial charge in [0, 0.05) is 32.2 Å². The highest BCUT2D eigenvalue weighted by Crippen LogP contribution is 1.98. The van der Waals surface area contributed by atoms with Crippen molar-refractivity contribution in [1.82, 2.24) is 16.0 Å². The number of nitrogens with one attached hydrogen (secondary N) is 3. The van der Waals surface area contributed by atoms with Crippen LogP contribution in [-0.4, -0.2) is 50.8 Å². The smallest absolute Gasteiger partial charge is 0.221 e. The fourth-order valence-corrected chi connectivity index (χ4v) is 1.67. The van der Waals surface area contributed by atoms with Crippen LogP contribution in [0.3, 0.4) is 0 Å². The number of hydrogen-bond acceptors (Lipinski definition) is 3. The van der Waals surface area contributed by atoms with Crippen LogP contribution in [0, 0.1) is 5.92 Å². The number of aliphatic imine (C=N–C) groups is 1. The molecule has 0 aromatic heterocycles. The van der Waals surface area contributed by atoms with Crippen molar-refractivity contribution in [3.63, 3.8) is 0 Å². The summed E-state index contributed by atoms with van der Waals surface area (Å²) < 4.78 is 5.53. The molecule has 6 heteroatoms. The molecule has 22 heavy (non-hydrogen) atoms. The third kappa shape index (κ3) is 13.7. The topological polar surface area (TPSA) is 74.8 Å². The lowest BCUT2D eigenvalue weighted by Gasteiger charge is -2.12. The van der Waals surface area contributed by atoms with E-state index in [0.29, 0.717) is 32.0 Å². The molecule has 0 heterocycles. The summed E-state index contributed by atoms with van der Waals surface area (Å²) in [4.78, 5) is 16.0. The maximum Gasteiger partial charge on any atom is 0.221 e. The van der Waals surface area contributed by atoms with E-state index in [9.17, 15) is 4.79 Å². The number of hydrogen-bond donors (Lipinski definition) is 3. The SMILES string of the molecule is CCNC(=NCCOCCC(C)C)NCCC(=O)NC(C)C. The average molecular weight is 314 g/mol. The summed E-state index contributed by atoms with van der Waals surface area (Å²) in [6, 6.07) is 0.178. The first-order valence-electron chi connectivity index (χ1n) is 8.35. The lowest BCUT2D eigenvalue weighted by Crippen LogP contribution is -2.40. The fraction of sp³-hybridized carbons (Fsp3) is 0.875. The predicted molar refractivity (Wildman–Crippen MR) is 92.2 cm³/mol. The molecule has 0 saturated heterocycles. The van der Waals surface area contributed by atoms with Crippen molar-refractivity contribution in [2.75, 3.05) is 32.8 Å². The highest BCUT2D eigenvalue weighted by molar-refractivity contribution is 5.81. The third-order valence-electron chi connectivity index (χ3n) is 2.78. The van der Waals surface area contributed by atoms with Gasteiger partial charge in [0.05, 0.1) is 13.2 Å². The summed E-state index contributed by atoms with van der Waals surface area (Å²) in [5, 5.41) is 9.18. The van der Waals surface area contributed by atoms with Gasteiger partial charge >= 0.3 is 0 Å². The van der Waals surface area contributed by atoms with Gasteiger partial charge in [-0.15, -0.1) is 0 Å². The van der Waals surface area contributed by atoms with Crippen molar-refractivity contribution < 1.29 is 9.53 Å². The molecule has 0 bridgehead atoms. The van der Waals surface area contributed by atoms with Gasteiger partial charge in [0.15, 0.2) is 5.96 Å². The van der Waals surface area contributed by atoms with E-state index >= 15 is 0 Å². The Labute approximate surface area is 135 Å². The highest BCUT2D eigenvalue weighted by atomic mass is 16.5. The maximum atomic E-state index is 11.5. The molecule has 1 amide bonds. The van der Waals surface area contributed by atoms with Crippen LogP contribution < -0.4 is 16.0 Å². The summed E-state index contributed by atoms with van der Waals surface area (Å²) in [6.07, 6.45) is 1.51. The molecular formula is C16H34N4O2. The summed E-state index contributed by atoms with van der Waals surface area (Å²) in [7, 11) is 0. The molecule has 130 valence electrons. The molecule has 0 aromatic rings. The minimum absolute atomic E-state index is 0.0513. The largest absolute Gasteiger partial charge is 0.380 e.